The first kappa shape index (κ1) is 15.2. The van der Waals surface area contributed by atoms with Gasteiger partial charge in [0.1, 0.15) is 12.3 Å². The summed E-state index contributed by atoms with van der Waals surface area (Å²) in [5.74, 6) is 2.38. The first-order valence-corrected chi connectivity index (χ1v) is 8.61. The molecule has 2 aliphatic rings. The predicted octanol–water partition coefficient (Wildman–Crippen LogP) is 1.80. The van der Waals surface area contributed by atoms with E-state index in [-0.39, 0.29) is 24.4 Å². The molecule has 1 aliphatic heterocycles. The van der Waals surface area contributed by atoms with Gasteiger partial charge in [-0.05, 0) is 36.5 Å². The van der Waals surface area contributed by atoms with Gasteiger partial charge in [0.25, 0.3) is 0 Å². The van der Waals surface area contributed by atoms with Gasteiger partial charge in [0, 0.05) is 0 Å². The van der Waals surface area contributed by atoms with Crippen LogP contribution in [-0.4, -0.2) is 42.0 Å². The minimum Gasteiger partial charge on any atom is -0.497 e. The molecule has 1 saturated heterocycles. The molecule has 5 nitrogen and oxygen atoms in total. The van der Waals surface area contributed by atoms with Gasteiger partial charge in [-0.1, -0.05) is 12.1 Å². The maximum absolute atomic E-state index is 12.2. The number of hydrogen-bond donors (Lipinski definition) is 1. The second kappa shape index (κ2) is 6.60. The molecule has 1 aromatic rings. The Morgan fingerprint density at radius 1 is 1.41 bits per heavy atom. The van der Waals surface area contributed by atoms with Gasteiger partial charge in [-0.25, -0.2) is 0 Å². The number of carbonyl (C=O) groups is 2. The summed E-state index contributed by atoms with van der Waals surface area (Å²) in [7, 11) is 1.64. The Kier molecular flexibility index (Phi) is 4.57. The van der Waals surface area contributed by atoms with Crippen LogP contribution in [0, 0.1) is 5.92 Å². The molecule has 6 heteroatoms. The summed E-state index contributed by atoms with van der Waals surface area (Å²) in [6, 6.07) is 7.86. The van der Waals surface area contributed by atoms with Gasteiger partial charge in [-0.15, -0.1) is 11.8 Å². The van der Waals surface area contributed by atoms with Crippen molar-refractivity contribution < 1.29 is 14.3 Å². The van der Waals surface area contributed by atoms with Crippen LogP contribution in [0.3, 0.4) is 0 Å². The molecular formula is C16H20N2O3S. The van der Waals surface area contributed by atoms with E-state index < -0.39 is 0 Å². The van der Waals surface area contributed by atoms with Crippen molar-refractivity contribution in [2.45, 2.75) is 18.9 Å². The summed E-state index contributed by atoms with van der Waals surface area (Å²) >= 11 is 1.55. The van der Waals surface area contributed by atoms with E-state index in [0.29, 0.717) is 17.5 Å². The average molecular weight is 320 g/mol. The number of ether oxygens (including phenoxy) is 1. The number of benzene rings is 1. The molecule has 118 valence electrons. The van der Waals surface area contributed by atoms with E-state index in [1.54, 1.807) is 23.8 Å². The van der Waals surface area contributed by atoms with E-state index in [9.17, 15) is 9.59 Å². The summed E-state index contributed by atoms with van der Waals surface area (Å²) in [5, 5.41) is 3.10. The molecule has 0 radical (unpaired) electrons. The lowest BCUT2D eigenvalue weighted by Gasteiger charge is -2.21. The number of amides is 2. The Labute approximate surface area is 134 Å². The van der Waals surface area contributed by atoms with Crippen LogP contribution in [-0.2, 0) is 9.59 Å². The van der Waals surface area contributed by atoms with Gasteiger partial charge in [0.15, 0.2) is 0 Å². The molecule has 1 atom stereocenters. The normalized spacial score (nSPS) is 19.1. The van der Waals surface area contributed by atoms with Crippen molar-refractivity contribution in [3.05, 3.63) is 29.8 Å². The number of rotatable bonds is 6. The molecule has 1 N–H and O–H groups in total. The van der Waals surface area contributed by atoms with Crippen molar-refractivity contribution in [3.63, 3.8) is 0 Å². The van der Waals surface area contributed by atoms with Crippen LogP contribution in [0.4, 0.5) is 0 Å². The third-order valence-corrected chi connectivity index (χ3v) is 4.99. The highest BCUT2D eigenvalue weighted by atomic mass is 32.2. The number of methoxy groups -OCH3 is 1. The van der Waals surface area contributed by atoms with Crippen molar-refractivity contribution >= 4 is 23.6 Å². The summed E-state index contributed by atoms with van der Waals surface area (Å²) < 4.78 is 5.17. The van der Waals surface area contributed by atoms with Crippen LogP contribution in [0.5, 0.6) is 5.75 Å². The summed E-state index contributed by atoms with van der Waals surface area (Å²) in [6.07, 6.45) is 2.27. The molecule has 1 unspecified atom stereocenters. The summed E-state index contributed by atoms with van der Waals surface area (Å²) in [5.41, 5.74) is 1.10. The fourth-order valence-electron chi connectivity index (χ4n) is 2.65. The second-order valence-corrected chi connectivity index (χ2v) is 6.68. The van der Waals surface area contributed by atoms with Crippen LogP contribution < -0.4 is 10.1 Å². The van der Waals surface area contributed by atoms with E-state index in [4.69, 9.17) is 4.74 Å². The van der Waals surface area contributed by atoms with Gasteiger partial charge in [-0.2, -0.15) is 0 Å². The summed E-state index contributed by atoms with van der Waals surface area (Å²) in [6.45, 7) is 0.158. The SMILES string of the molecule is COc1ccc(C(NC(=O)CN2CSCC2=O)C2CC2)cc1. The second-order valence-electron chi connectivity index (χ2n) is 5.73. The molecule has 1 heterocycles. The Bertz CT molecular complexity index is 557. The van der Waals surface area contributed by atoms with Crippen molar-refractivity contribution in [2.24, 2.45) is 5.92 Å². The third kappa shape index (κ3) is 3.55. The highest BCUT2D eigenvalue weighted by Crippen LogP contribution is 2.41. The zero-order chi connectivity index (χ0) is 15.5. The number of nitrogens with one attached hydrogen (secondary N) is 1. The molecular weight excluding hydrogens is 300 g/mol. The van der Waals surface area contributed by atoms with Gasteiger partial charge < -0.3 is 15.0 Å². The zero-order valence-electron chi connectivity index (χ0n) is 12.6. The van der Waals surface area contributed by atoms with Crippen LogP contribution in [0.1, 0.15) is 24.4 Å². The lowest BCUT2D eigenvalue weighted by atomic mass is 10.0. The van der Waals surface area contributed by atoms with Crippen LogP contribution in [0.15, 0.2) is 24.3 Å². The van der Waals surface area contributed by atoms with Gasteiger partial charge >= 0.3 is 0 Å². The van der Waals surface area contributed by atoms with Crippen LogP contribution in [0.25, 0.3) is 0 Å². The number of nitrogens with zero attached hydrogens (tertiary/aromatic N) is 1. The molecule has 0 aromatic heterocycles. The third-order valence-electron chi connectivity index (χ3n) is 4.04. The molecule has 22 heavy (non-hydrogen) atoms. The van der Waals surface area contributed by atoms with E-state index in [1.807, 2.05) is 24.3 Å². The molecule has 3 rings (SSSR count). The van der Waals surface area contributed by atoms with Gasteiger partial charge in [0.2, 0.25) is 11.8 Å². The van der Waals surface area contributed by atoms with E-state index >= 15 is 0 Å². The lowest BCUT2D eigenvalue weighted by Crippen LogP contribution is -2.40. The van der Waals surface area contributed by atoms with Crippen LogP contribution >= 0.6 is 11.8 Å². The maximum Gasteiger partial charge on any atom is 0.240 e. The first-order chi connectivity index (χ1) is 10.7. The fourth-order valence-corrected chi connectivity index (χ4v) is 3.55. The molecule has 2 fully saturated rings. The van der Waals surface area contributed by atoms with E-state index in [0.717, 1.165) is 24.2 Å². The fraction of sp³-hybridized carbons (Fsp3) is 0.500. The van der Waals surface area contributed by atoms with Gasteiger partial charge in [0.05, 0.1) is 24.8 Å². The van der Waals surface area contributed by atoms with E-state index in [2.05, 4.69) is 5.32 Å². The molecule has 2 amide bonds. The highest BCUT2D eigenvalue weighted by molar-refractivity contribution is 8.00. The Morgan fingerprint density at radius 2 is 2.14 bits per heavy atom. The molecule has 1 aliphatic carbocycles. The molecule has 0 spiro atoms. The standard InChI is InChI=1S/C16H20N2O3S/c1-21-13-6-4-12(5-7-13)16(11-2-3-11)17-14(19)8-18-10-22-9-15(18)20/h4-7,11,16H,2-3,8-10H2,1H3,(H,17,19). The highest BCUT2D eigenvalue weighted by Gasteiger charge is 2.34. The number of hydrogen-bond acceptors (Lipinski definition) is 4. The van der Waals surface area contributed by atoms with Crippen molar-refractivity contribution in [1.82, 2.24) is 10.2 Å². The predicted molar refractivity (Wildman–Crippen MR) is 85.6 cm³/mol. The Morgan fingerprint density at radius 3 is 2.68 bits per heavy atom. The summed E-state index contributed by atoms with van der Waals surface area (Å²) in [4.78, 5) is 25.4. The number of thioether (sulfide) groups is 1. The van der Waals surface area contributed by atoms with Crippen molar-refractivity contribution in [3.8, 4) is 5.75 Å². The minimum atomic E-state index is -0.0800. The lowest BCUT2D eigenvalue weighted by molar-refractivity contribution is -0.132. The number of carbonyl (C=O) groups excluding carboxylic acids is 2. The maximum atomic E-state index is 12.2. The monoisotopic (exact) mass is 320 g/mol. The van der Waals surface area contributed by atoms with Crippen molar-refractivity contribution in [1.29, 1.82) is 0 Å². The van der Waals surface area contributed by atoms with E-state index in [1.165, 1.54) is 0 Å². The topological polar surface area (TPSA) is 58.6 Å². The van der Waals surface area contributed by atoms with Gasteiger partial charge in [-0.3, -0.25) is 9.59 Å². The average Bonchev–Trinajstić information content (AvgIpc) is 3.30. The first-order valence-electron chi connectivity index (χ1n) is 7.46. The quantitative estimate of drug-likeness (QED) is 0.868. The minimum absolute atomic E-state index is 0.0313. The molecule has 1 aromatic carbocycles. The Balaban J connectivity index is 1.63. The zero-order valence-corrected chi connectivity index (χ0v) is 13.4. The van der Waals surface area contributed by atoms with Crippen molar-refractivity contribution in [2.75, 3.05) is 25.3 Å². The largest absolute Gasteiger partial charge is 0.497 e. The smallest absolute Gasteiger partial charge is 0.240 e. The molecule has 1 saturated carbocycles. The van der Waals surface area contributed by atoms with Crippen LogP contribution in [0.2, 0.25) is 0 Å². The Hall–Kier alpha value is -1.69. The molecule has 0 bridgehead atoms.